The number of nitrogens with zero attached hydrogens (tertiary/aromatic N) is 6. The average molecular weight is 901 g/mol. The number of benzene rings is 2. The molecule has 0 spiro atoms. The lowest BCUT2D eigenvalue weighted by atomic mass is 9.76. The van der Waals surface area contributed by atoms with Crippen LogP contribution >= 0.6 is 11.6 Å². The van der Waals surface area contributed by atoms with E-state index in [0.717, 1.165) is 67.5 Å². The summed E-state index contributed by atoms with van der Waals surface area (Å²) < 4.78 is 9.96. The van der Waals surface area contributed by atoms with Gasteiger partial charge in [-0.2, -0.15) is 0 Å². The Balaban J connectivity index is 0.889. The van der Waals surface area contributed by atoms with Crippen molar-refractivity contribution in [3.8, 4) is 22.6 Å². The van der Waals surface area contributed by atoms with E-state index in [1.165, 1.54) is 0 Å². The Hall–Kier alpha value is -6.12. The van der Waals surface area contributed by atoms with Crippen molar-refractivity contribution in [1.82, 2.24) is 29.4 Å². The molecule has 1 amide bonds. The second-order valence-corrected chi connectivity index (χ2v) is 19.5. The SMILES string of the molecule is CC[C@H](NC(=O)c1cnc(N2CCC(CC3CN4c5ccc(=O)n(c5)-c5ccc(C(C)(C)O)cc5-c5cn(c(=O)c6[nH]ccc56)C34)CC2)nc1)C(C)(C)[C@H](CC)Oc1ccc(N)c(Cl)c1. The van der Waals surface area contributed by atoms with Crippen molar-refractivity contribution in [2.75, 3.05) is 35.2 Å². The van der Waals surface area contributed by atoms with Gasteiger partial charge in [0.25, 0.3) is 17.0 Å². The second-order valence-electron chi connectivity index (χ2n) is 19.1. The average Bonchev–Trinajstić information content (AvgIpc) is 3.79. The molecule has 2 unspecified atom stereocenters. The number of carbonyl (C=O) groups excluding carboxylic acids is 1. The zero-order valence-corrected chi connectivity index (χ0v) is 38.6. The predicted molar refractivity (Wildman–Crippen MR) is 256 cm³/mol. The molecule has 2 aromatic carbocycles. The summed E-state index contributed by atoms with van der Waals surface area (Å²) in [6, 6.07) is 16.1. The molecule has 2 fully saturated rings. The van der Waals surface area contributed by atoms with Gasteiger partial charge in [0, 0.05) is 96.6 Å². The lowest BCUT2D eigenvalue weighted by molar-refractivity contribution is 0.0356. The van der Waals surface area contributed by atoms with Crippen LogP contribution < -0.4 is 36.7 Å². The standard InChI is InChI=1S/C50H58ClN9O5/c1-7-41(49(3,4)42(8-2)65-34-11-12-39(52)38(51)23-34)56-45(62)31-24-54-48(55-25-31)57-19-16-29(17-20-57)21-30-26-58-33-10-14-43(61)59(27-33)40-13-9-32(50(5,6)64)22-36(40)37-28-60(46(30)58)47(63)44-35(37)15-18-53-44/h9-15,18,22-25,27-30,41-42,46,53,64H,7-8,16-17,19-21,26,52H2,1-6H3,(H,56,62)/t30?,41-,42-,46?/m0/s1. The highest BCUT2D eigenvalue weighted by atomic mass is 35.5. The Morgan fingerprint density at radius 3 is 2.43 bits per heavy atom. The number of rotatable bonds is 12. The van der Waals surface area contributed by atoms with E-state index in [2.05, 4.69) is 57.8 Å². The number of ether oxygens (including phenoxy) is 1. The highest BCUT2D eigenvalue weighted by Gasteiger charge is 2.44. The molecule has 6 aromatic rings. The maximum absolute atomic E-state index is 14.4. The number of hydrogen-bond donors (Lipinski definition) is 4. The highest BCUT2D eigenvalue weighted by molar-refractivity contribution is 6.33. The third-order valence-electron chi connectivity index (χ3n) is 14.2. The molecule has 0 aliphatic carbocycles. The van der Waals surface area contributed by atoms with Crippen LogP contribution in [0.4, 0.5) is 17.3 Å². The van der Waals surface area contributed by atoms with Crippen molar-refractivity contribution in [3.05, 3.63) is 122 Å². The number of pyridine rings is 2. The van der Waals surface area contributed by atoms with Crippen molar-refractivity contribution < 1.29 is 14.6 Å². The number of aromatic amines is 1. The van der Waals surface area contributed by atoms with Gasteiger partial charge in [-0.05, 0) is 93.8 Å². The number of hydrogen-bond acceptors (Lipinski definition) is 10. The quantitative estimate of drug-likeness (QED) is 0.0880. The molecule has 3 aliphatic rings. The van der Waals surface area contributed by atoms with E-state index in [0.29, 0.717) is 57.1 Å². The minimum atomic E-state index is -1.12. The van der Waals surface area contributed by atoms with Crippen LogP contribution in [0.25, 0.3) is 27.7 Å². The molecule has 0 radical (unpaired) electrons. The molecule has 5 N–H and O–H groups in total. The Bertz CT molecular complexity index is 2870. The molecular formula is C50H58ClN9O5. The number of H-pyrrole nitrogens is 1. The molecule has 3 aliphatic heterocycles. The van der Waals surface area contributed by atoms with E-state index in [9.17, 15) is 19.5 Å². The molecule has 4 aromatic heterocycles. The van der Waals surface area contributed by atoms with Gasteiger partial charge in [0.2, 0.25) is 5.95 Å². The van der Waals surface area contributed by atoms with Gasteiger partial charge >= 0.3 is 0 Å². The number of halogens is 1. The van der Waals surface area contributed by atoms with Crippen LogP contribution in [0.3, 0.4) is 0 Å². The first-order chi connectivity index (χ1) is 31.0. The summed E-state index contributed by atoms with van der Waals surface area (Å²) >= 11 is 6.27. The normalized spacial score (nSPS) is 18.3. The fraction of sp³-hybridized carbons (Fsp3) is 0.420. The van der Waals surface area contributed by atoms with Gasteiger partial charge in [-0.25, -0.2) is 9.97 Å². The van der Waals surface area contributed by atoms with Gasteiger partial charge in [0.05, 0.1) is 33.2 Å². The summed E-state index contributed by atoms with van der Waals surface area (Å²) in [5.74, 6) is 1.57. The number of nitrogens with one attached hydrogen (secondary N) is 2. The number of nitrogen functional groups attached to an aromatic ring is 1. The van der Waals surface area contributed by atoms with Gasteiger partial charge in [0.1, 0.15) is 23.5 Å². The largest absolute Gasteiger partial charge is 0.490 e. The van der Waals surface area contributed by atoms with Gasteiger partial charge in [-0.1, -0.05) is 45.4 Å². The van der Waals surface area contributed by atoms with Crippen molar-refractivity contribution in [1.29, 1.82) is 0 Å². The van der Waals surface area contributed by atoms with Crippen molar-refractivity contribution in [2.45, 2.75) is 97.6 Å². The van der Waals surface area contributed by atoms with E-state index in [1.54, 1.807) is 55.2 Å². The number of aliphatic hydroxyl groups is 1. The summed E-state index contributed by atoms with van der Waals surface area (Å²) in [5, 5.41) is 15.5. The monoisotopic (exact) mass is 899 g/mol. The van der Waals surface area contributed by atoms with Gasteiger partial charge in [-0.15, -0.1) is 0 Å². The molecule has 9 rings (SSSR count). The fourth-order valence-corrected chi connectivity index (χ4v) is 10.5. The first kappa shape index (κ1) is 44.1. The minimum Gasteiger partial charge on any atom is -0.490 e. The van der Waals surface area contributed by atoms with Crippen LogP contribution in [0.1, 0.15) is 95.7 Å². The Kier molecular flexibility index (Phi) is 11.5. The highest BCUT2D eigenvalue weighted by Crippen LogP contribution is 2.45. The zero-order chi connectivity index (χ0) is 45.9. The van der Waals surface area contributed by atoms with E-state index in [4.69, 9.17) is 22.1 Å². The number of amides is 1. The lowest BCUT2D eigenvalue weighted by Crippen LogP contribution is -2.56. The third kappa shape index (κ3) is 8.15. The summed E-state index contributed by atoms with van der Waals surface area (Å²) in [4.78, 5) is 58.4. The molecular weight excluding hydrogens is 842 g/mol. The Morgan fingerprint density at radius 1 is 0.985 bits per heavy atom. The number of fused-ring (bicyclic) bond motifs is 12. The molecule has 15 heteroatoms. The third-order valence-corrected chi connectivity index (χ3v) is 14.5. The van der Waals surface area contributed by atoms with E-state index in [-0.39, 0.29) is 41.3 Å². The lowest BCUT2D eigenvalue weighted by Gasteiger charge is -2.52. The summed E-state index contributed by atoms with van der Waals surface area (Å²) in [5.41, 5.74) is 9.31. The maximum atomic E-state index is 14.4. The zero-order valence-electron chi connectivity index (χ0n) is 37.8. The number of anilines is 3. The number of piperidine rings is 1. The molecule has 7 heterocycles. The van der Waals surface area contributed by atoms with Crippen LogP contribution in [-0.4, -0.2) is 66.9 Å². The van der Waals surface area contributed by atoms with Crippen LogP contribution in [0.2, 0.25) is 5.02 Å². The summed E-state index contributed by atoms with van der Waals surface area (Å²) in [7, 11) is 0. The number of carbonyl (C=O) groups is 1. The summed E-state index contributed by atoms with van der Waals surface area (Å²) in [6.45, 7) is 14.1. The summed E-state index contributed by atoms with van der Waals surface area (Å²) in [6.07, 6.45) is 12.6. The molecule has 65 heavy (non-hydrogen) atoms. The number of nitrogens with two attached hydrogens (primary N) is 1. The molecule has 4 atom stereocenters. The Labute approximate surface area is 383 Å². The number of aromatic nitrogens is 5. The smallest absolute Gasteiger partial charge is 0.276 e. The molecule has 4 bridgehead atoms. The van der Waals surface area contributed by atoms with Crippen LogP contribution in [0, 0.1) is 17.3 Å². The van der Waals surface area contributed by atoms with E-state index in [1.807, 2.05) is 53.4 Å². The van der Waals surface area contributed by atoms with E-state index < -0.39 is 11.0 Å². The van der Waals surface area contributed by atoms with Gasteiger partial charge in [-0.3, -0.25) is 23.5 Å². The first-order valence-electron chi connectivity index (χ1n) is 22.7. The van der Waals surface area contributed by atoms with E-state index >= 15 is 0 Å². The van der Waals surface area contributed by atoms with Crippen molar-refractivity contribution in [2.24, 2.45) is 17.3 Å². The van der Waals surface area contributed by atoms with Crippen LogP contribution in [0.15, 0.2) is 95.2 Å². The van der Waals surface area contributed by atoms with Crippen LogP contribution in [-0.2, 0) is 5.60 Å². The topological polar surface area (TPSA) is 177 Å². The first-order valence-corrected chi connectivity index (χ1v) is 23.1. The molecule has 0 saturated carbocycles. The fourth-order valence-electron chi connectivity index (χ4n) is 10.3. The Morgan fingerprint density at radius 2 is 1.74 bits per heavy atom. The predicted octanol–water partition coefficient (Wildman–Crippen LogP) is 8.05. The van der Waals surface area contributed by atoms with Crippen molar-refractivity contribution >= 4 is 45.7 Å². The van der Waals surface area contributed by atoms with Crippen LogP contribution in [0.5, 0.6) is 5.75 Å². The molecule has 14 nitrogen and oxygen atoms in total. The molecule has 340 valence electrons. The van der Waals surface area contributed by atoms with Gasteiger partial charge in [0.15, 0.2) is 0 Å². The maximum Gasteiger partial charge on any atom is 0.276 e. The minimum absolute atomic E-state index is 0.0974. The van der Waals surface area contributed by atoms with Gasteiger partial charge < -0.3 is 35.7 Å². The molecule has 2 saturated heterocycles. The van der Waals surface area contributed by atoms with Crippen molar-refractivity contribution in [3.63, 3.8) is 0 Å². The second kappa shape index (κ2) is 17.0.